The lowest BCUT2D eigenvalue weighted by molar-refractivity contribution is -0.149. The number of hydrogen-bond acceptors (Lipinski definition) is 3. The van der Waals surface area contributed by atoms with E-state index in [0.717, 1.165) is 19.4 Å². The zero-order valence-corrected chi connectivity index (χ0v) is 5.80. The quantitative estimate of drug-likeness (QED) is 0.539. The number of nitrogens with one attached hydrogen (secondary N) is 1. The van der Waals surface area contributed by atoms with Crippen LogP contribution in [0.4, 0.5) is 0 Å². The highest BCUT2D eigenvalue weighted by Gasteiger charge is 2.17. The minimum Gasteiger partial charge on any atom is -0.312 e. The van der Waals surface area contributed by atoms with Crippen molar-refractivity contribution >= 4 is 0 Å². The summed E-state index contributed by atoms with van der Waals surface area (Å²) in [6, 6.07) is 0. The first-order valence-electron chi connectivity index (χ1n) is 3.47. The van der Waals surface area contributed by atoms with Crippen LogP contribution in [0, 0.1) is 0 Å². The fraction of sp³-hybridized carbons (Fsp3) is 1.00. The molecule has 0 saturated carbocycles. The Hall–Kier alpha value is -0.120. The first-order valence-corrected chi connectivity index (χ1v) is 3.47. The van der Waals surface area contributed by atoms with E-state index in [2.05, 4.69) is 5.32 Å². The van der Waals surface area contributed by atoms with E-state index < -0.39 is 0 Å². The van der Waals surface area contributed by atoms with Gasteiger partial charge >= 0.3 is 0 Å². The number of nitrogens with zero attached hydrogens (tertiary/aromatic N) is 1. The maximum atomic E-state index is 9.14. The summed E-state index contributed by atoms with van der Waals surface area (Å²) in [7, 11) is 1.87. The maximum Gasteiger partial charge on any atom is 0.0838 e. The van der Waals surface area contributed by atoms with Gasteiger partial charge in [-0.25, -0.2) is 0 Å². The number of rotatable bonds is 1. The fourth-order valence-electron chi connectivity index (χ4n) is 1.21. The fourth-order valence-corrected chi connectivity index (χ4v) is 1.21. The van der Waals surface area contributed by atoms with Gasteiger partial charge in [-0.2, -0.15) is 5.06 Å². The Morgan fingerprint density at radius 3 is 2.78 bits per heavy atom. The Kier molecular flexibility index (Phi) is 2.45. The Bertz CT molecular complexity index is 87.1. The molecule has 0 aliphatic carbocycles. The van der Waals surface area contributed by atoms with Crippen molar-refractivity contribution in [3.8, 4) is 0 Å². The first-order chi connectivity index (χ1) is 4.34. The highest BCUT2D eigenvalue weighted by Crippen LogP contribution is 2.11. The number of piperidine rings is 1. The molecule has 54 valence electrons. The lowest BCUT2D eigenvalue weighted by atomic mass is 10.1. The van der Waals surface area contributed by atoms with Crippen LogP contribution in [-0.4, -0.2) is 30.0 Å². The Balaban J connectivity index is 2.30. The average Bonchev–Trinajstić information content (AvgIpc) is 1.89. The van der Waals surface area contributed by atoms with Crippen molar-refractivity contribution in [3.63, 3.8) is 0 Å². The molecule has 3 nitrogen and oxygen atoms in total. The molecule has 0 aromatic carbocycles. The maximum absolute atomic E-state index is 9.14. The van der Waals surface area contributed by atoms with Crippen molar-refractivity contribution in [2.45, 2.75) is 25.4 Å². The van der Waals surface area contributed by atoms with E-state index in [1.165, 1.54) is 11.5 Å². The summed E-state index contributed by atoms with van der Waals surface area (Å²) < 4.78 is 0. The second-order valence-electron chi connectivity index (χ2n) is 2.46. The highest BCUT2D eigenvalue weighted by atomic mass is 16.5. The molecule has 1 saturated heterocycles. The second kappa shape index (κ2) is 3.15. The third-order valence-corrected chi connectivity index (χ3v) is 1.81. The van der Waals surface area contributed by atoms with Crippen LogP contribution in [0.2, 0.25) is 0 Å². The van der Waals surface area contributed by atoms with E-state index in [4.69, 9.17) is 5.21 Å². The van der Waals surface area contributed by atoms with Gasteiger partial charge in [-0.3, -0.25) is 0 Å². The predicted octanol–water partition coefficient (Wildman–Crippen LogP) is 0.407. The van der Waals surface area contributed by atoms with Crippen molar-refractivity contribution in [1.29, 1.82) is 0 Å². The largest absolute Gasteiger partial charge is 0.312 e. The number of hydrogen-bond donors (Lipinski definition) is 2. The van der Waals surface area contributed by atoms with Gasteiger partial charge in [0.05, 0.1) is 6.17 Å². The molecule has 0 spiro atoms. The third kappa shape index (κ3) is 1.64. The Morgan fingerprint density at radius 1 is 1.56 bits per heavy atom. The zero-order valence-electron chi connectivity index (χ0n) is 5.80. The summed E-state index contributed by atoms with van der Waals surface area (Å²) in [6.45, 7) is 0.811. The molecule has 1 unspecified atom stereocenters. The summed E-state index contributed by atoms with van der Waals surface area (Å²) in [5.41, 5.74) is 0. The molecular weight excluding hydrogens is 116 g/mol. The van der Waals surface area contributed by atoms with Crippen LogP contribution in [0.25, 0.3) is 0 Å². The molecule has 1 rings (SSSR count). The first kappa shape index (κ1) is 6.99. The van der Waals surface area contributed by atoms with Gasteiger partial charge in [0.1, 0.15) is 0 Å². The minimum absolute atomic E-state index is 0.193. The molecule has 1 fully saturated rings. The molecule has 2 N–H and O–H groups in total. The summed E-state index contributed by atoms with van der Waals surface area (Å²) in [4.78, 5) is 0. The van der Waals surface area contributed by atoms with Gasteiger partial charge < -0.3 is 10.5 Å². The Labute approximate surface area is 55.6 Å². The van der Waals surface area contributed by atoms with Crippen LogP contribution < -0.4 is 5.32 Å². The molecule has 1 heterocycles. The SMILES string of the molecule is CNC1CCCCN1O. The molecule has 1 aliphatic rings. The minimum atomic E-state index is 0.193. The third-order valence-electron chi connectivity index (χ3n) is 1.81. The molecule has 0 aromatic heterocycles. The van der Waals surface area contributed by atoms with E-state index in [0.29, 0.717) is 0 Å². The molecule has 0 radical (unpaired) electrons. The van der Waals surface area contributed by atoms with Crippen LogP contribution in [-0.2, 0) is 0 Å². The van der Waals surface area contributed by atoms with Crippen molar-refractivity contribution in [2.75, 3.05) is 13.6 Å². The monoisotopic (exact) mass is 130 g/mol. The molecule has 1 aliphatic heterocycles. The van der Waals surface area contributed by atoms with Crippen LogP contribution in [0.3, 0.4) is 0 Å². The van der Waals surface area contributed by atoms with E-state index in [-0.39, 0.29) is 6.17 Å². The normalized spacial score (nSPS) is 30.7. The van der Waals surface area contributed by atoms with Crippen molar-refractivity contribution in [1.82, 2.24) is 10.4 Å². The average molecular weight is 130 g/mol. The molecule has 1 atom stereocenters. The van der Waals surface area contributed by atoms with Gasteiger partial charge in [0, 0.05) is 6.54 Å². The van der Waals surface area contributed by atoms with Gasteiger partial charge in [0.2, 0.25) is 0 Å². The second-order valence-corrected chi connectivity index (χ2v) is 2.46. The molecule has 0 aromatic rings. The van der Waals surface area contributed by atoms with Crippen LogP contribution in [0.5, 0.6) is 0 Å². The smallest absolute Gasteiger partial charge is 0.0838 e. The van der Waals surface area contributed by atoms with Gasteiger partial charge in [-0.05, 0) is 26.3 Å². The summed E-state index contributed by atoms with van der Waals surface area (Å²) >= 11 is 0. The van der Waals surface area contributed by atoms with E-state index in [1.54, 1.807) is 0 Å². The van der Waals surface area contributed by atoms with Gasteiger partial charge in [-0.15, -0.1) is 0 Å². The van der Waals surface area contributed by atoms with Crippen molar-refractivity contribution < 1.29 is 5.21 Å². The standard InChI is InChI=1S/C6H14N2O/c1-7-6-4-2-3-5-8(6)9/h6-7,9H,2-5H2,1H3. The van der Waals surface area contributed by atoms with Crippen LogP contribution in [0.15, 0.2) is 0 Å². The topological polar surface area (TPSA) is 35.5 Å². The molecule has 9 heavy (non-hydrogen) atoms. The van der Waals surface area contributed by atoms with E-state index >= 15 is 0 Å². The summed E-state index contributed by atoms with van der Waals surface area (Å²) in [5, 5.41) is 13.5. The predicted molar refractivity (Wildman–Crippen MR) is 35.2 cm³/mol. The number of hydroxylamine groups is 2. The van der Waals surface area contributed by atoms with E-state index in [9.17, 15) is 0 Å². The summed E-state index contributed by atoms with van der Waals surface area (Å²) in [6.07, 6.45) is 3.60. The molecule has 0 bridgehead atoms. The van der Waals surface area contributed by atoms with Gasteiger partial charge in [-0.1, -0.05) is 0 Å². The molecule has 0 amide bonds. The van der Waals surface area contributed by atoms with Crippen LogP contribution >= 0.6 is 0 Å². The van der Waals surface area contributed by atoms with Gasteiger partial charge in [0.15, 0.2) is 0 Å². The van der Waals surface area contributed by atoms with Crippen LogP contribution in [0.1, 0.15) is 19.3 Å². The lowest BCUT2D eigenvalue weighted by Gasteiger charge is -2.29. The molecular formula is C6H14N2O. The van der Waals surface area contributed by atoms with Gasteiger partial charge in [0.25, 0.3) is 0 Å². The Morgan fingerprint density at radius 2 is 2.33 bits per heavy atom. The van der Waals surface area contributed by atoms with E-state index in [1.807, 2.05) is 7.05 Å². The van der Waals surface area contributed by atoms with Crippen molar-refractivity contribution in [2.24, 2.45) is 0 Å². The lowest BCUT2D eigenvalue weighted by Crippen LogP contribution is -2.45. The van der Waals surface area contributed by atoms with Crippen molar-refractivity contribution in [3.05, 3.63) is 0 Å². The summed E-state index contributed by atoms with van der Waals surface area (Å²) in [5.74, 6) is 0. The zero-order chi connectivity index (χ0) is 6.69. The highest BCUT2D eigenvalue weighted by molar-refractivity contribution is 4.66. The molecule has 3 heteroatoms.